The van der Waals surface area contributed by atoms with Gasteiger partial charge in [-0.1, -0.05) is 50.5 Å². The summed E-state index contributed by atoms with van der Waals surface area (Å²) in [6.07, 6.45) is 12.1. The van der Waals surface area contributed by atoms with E-state index in [-0.39, 0.29) is 30.5 Å². The third-order valence-corrected chi connectivity index (χ3v) is 4.72. The van der Waals surface area contributed by atoms with Gasteiger partial charge in [-0.05, 0) is 25.7 Å². The highest BCUT2D eigenvalue weighted by Crippen LogP contribution is 2.33. The van der Waals surface area contributed by atoms with Crippen LogP contribution in [-0.4, -0.2) is 39.3 Å². The van der Waals surface area contributed by atoms with E-state index < -0.39 is 18.2 Å². The average Bonchev–Trinajstić information content (AvgIpc) is 2.82. The highest BCUT2D eigenvalue weighted by molar-refractivity contribution is 5.86. The van der Waals surface area contributed by atoms with E-state index in [4.69, 9.17) is 5.11 Å². The fraction of sp³-hybridized carbons (Fsp3) is 0.700. The molecule has 4 atom stereocenters. The highest BCUT2D eigenvalue weighted by Gasteiger charge is 2.39. The first kappa shape index (κ1) is 21.6. The van der Waals surface area contributed by atoms with E-state index in [0.29, 0.717) is 25.7 Å². The molecule has 1 fully saturated rings. The van der Waals surface area contributed by atoms with Crippen molar-refractivity contribution in [2.75, 3.05) is 0 Å². The van der Waals surface area contributed by atoms with Crippen LogP contribution in [0.1, 0.15) is 64.7 Å². The molecule has 0 aromatic heterocycles. The van der Waals surface area contributed by atoms with Gasteiger partial charge in [0.25, 0.3) is 0 Å². The lowest BCUT2D eigenvalue weighted by Gasteiger charge is -2.17. The van der Waals surface area contributed by atoms with E-state index in [0.717, 1.165) is 19.3 Å². The maximum Gasteiger partial charge on any atom is 0.303 e. The molecule has 0 heterocycles. The number of aliphatic hydroxyl groups excluding tert-OH is 2. The van der Waals surface area contributed by atoms with E-state index >= 15 is 0 Å². The summed E-state index contributed by atoms with van der Waals surface area (Å²) in [5.41, 5.74) is 0. The number of allylic oxidation sites excluding steroid dienone is 3. The fourth-order valence-corrected chi connectivity index (χ4v) is 3.22. The number of rotatable bonds is 12. The van der Waals surface area contributed by atoms with Crippen molar-refractivity contribution >= 4 is 11.8 Å². The average molecular weight is 352 g/mol. The quantitative estimate of drug-likeness (QED) is 0.370. The molecule has 1 aliphatic carbocycles. The second-order valence-electron chi connectivity index (χ2n) is 6.87. The maximum absolute atomic E-state index is 12.1. The largest absolute Gasteiger partial charge is 0.481 e. The fourth-order valence-electron chi connectivity index (χ4n) is 3.22. The molecule has 0 radical (unpaired) electrons. The van der Waals surface area contributed by atoms with Crippen molar-refractivity contribution in [3.63, 3.8) is 0 Å². The number of carbonyl (C=O) groups is 2. The Balaban J connectivity index is 2.48. The van der Waals surface area contributed by atoms with Gasteiger partial charge in [-0.2, -0.15) is 0 Å². The minimum absolute atomic E-state index is 0.0220. The van der Waals surface area contributed by atoms with Crippen molar-refractivity contribution in [2.45, 2.75) is 76.9 Å². The van der Waals surface area contributed by atoms with Crippen LogP contribution in [0.2, 0.25) is 0 Å². The van der Waals surface area contributed by atoms with Crippen LogP contribution in [0.5, 0.6) is 0 Å². The zero-order valence-corrected chi connectivity index (χ0v) is 15.1. The third-order valence-electron chi connectivity index (χ3n) is 4.72. The van der Waals surface area contributed by atoms with Crippen molar-refractivity contribution in [3.05, 3.63) is 24.3 Å². The van der Waals surface area contributed by atoms with Crippen LogP contribution in [0.15, 0.2) is 24.3 Å². The number of aliphatic carboxylic acids is 1. The van der Waals surface area contributed by atoms with Gasteiger partial charge >= 0.3 is 5.97 Å². The smallest absolute Gasteiger partial charge is 0.303 e. The molecule has 0 spiro atoms. The van der Waals surface area contributed by atoms with Crippen molar-refractivity contribution in [1.29, 1.82) is 0 Å². The molecule has 5 nitrogen and oxygen atoms in total. The Morgan fingerprint density at radius 1 is 1.28 bits per heavy atom. The molecule has 142 valence electrons. The van der Waals surface area contributed by atoms with E-state index in [1.165, 1.54) is 0 Å². The SMILES string of the molecule is CCCCC[C@H](O)/C=C/[C@@H]1C(=O)C[C@@H](O)[C@H]1C/C=C\CCCC(=O)O. The second-order valence-corrected chi connectivity index (χ2v) is 6.87. The van der Waals surface area contributed by atoms with E-state index in [1.54, 1.807) is 12.2 Å². The molecule has 25 heavy (non-hydrogen) atoms. The van der Waals surface area contributed by atoms with Crippen molar-refractivity contribution in [3.8, 4) is 0 Å². The molecule has 3 N–H and O–H groups in total. The summed E-state index contributed by atoms with van der Waals surface area (Å²) in [5, 5.41) is 28.7. The Hall–Kier alpha value is -1.46. The molecule has 0 aliphatic heterocycles. The second kappa shape index (κ2) is 12.0. The predicted octanol–water partition coefficient (Wildman–Crippen LogP) is 3.25. The number of unbranched alkanes of at least 4 members (excludes halogenated alkanes) is 3. The minimum atomic E-state index is -0.798. The van der Waals surface area contributed by atoms with Crippen LogP contribution in [-0.2, 0) is 9.59 Å². The first-order valence-electron chi connectivity index (χ1n) is 9.39. The molecule has 1 aliphatic rings. The summed E-state index contributed by atoms with van der Waals surface area (Å²) in [6.45, 7) is 2.11. The zero-order valence-electron chi connectivity index (χ0n) is 15.1. The Labute approximate surface area is 150 Å². The summed E-state index contributed by atoms with van der Waals surface area (Å²) in [7, 11) is 0. The van der Waals surface area contributed by atoms with Crippen LogP contribution in [0.3, 0.4) is 0 Å². The predicted molar refractivity (Wildman–Crippen MR) is 97.1 cm³/mol. The molecule has 0 amide bonds. The van der Waals surface area contributed by atoms with Crippen molar-refractivity contribution < 1.29 is 24.9 Å². The Bertz CT molecular complexity index is 469. The lowest BCUT2D eigenvalue weighted by Crippen LogP contribution is -2.19. The number of hydrogen-bond donors (Lipinski definition) is 3. The molecule has 0 bridgehead atoms. The minimum Gasteiger partial charge on any atom is -0.481 e. The lowest BCUT2D eigenvalue weighted by molar-refractivity contribution is -0.137. The summed E-state index contributed by atoms with van der Waals surface area (Å²) >= 11 is 0. The van der Waals surface area contributed by atoms with Gasteiger partial charge in [0.05, 0.1) is 12.2 Å². The van der Waals surface area contributed by atoms with Crippen LogP contribution in [0, 0.1) is 11.8 Å². The molecule has 0 saturated heterocycles. The molecular weight excluding hydrogens is 320 g/mol. The molecular formula is C20H32O5. The normalized spacial score (nSPS) is 25.2. The Kier molecular flexibility index (Phi) is 10.3. The maximum atomic E-state index is 12.1. The molecule has 1 rings (SSSR count). The van der Waals surface area contributed by atoms with Gasteiger partial charge in [0.1, 0.15) is 5.78 Å². The lowest BCUT2D eigenvalue weighted by atomic mass is 9.90. The van der Waals surface area contributed by atoms with Gasteiger partial charge in [-0.15, -0.1) is 0 Å². The molecule has 0 unspecified atom stereocenters. The van der Waals surface area contributed by atoms with Gasteiger partial charge in [-0.25, -0.2) is 0 Å². The summed E-state index contributed by atoms with van der Waals surface area (Å²) in [6, 6.07) is 0. The molecule has 1 saturated carbocycles. The number of Topliss-reactive ketones (excluding diaryl/α,β-unsaturated/α-hetero) is 1. The first-order valence-corrected chi connectivity index (χ1v) is 9.39. The van der Waals surface area contributed by atoms with Crippen LogP contribution in [0.25, 0.3) is 0 Å². The Morgan fingerprint density at radius 2 is 2.04 bits per heavy atom. The topological polar surface area (TPSA) is 94.8 Å². The van der Waals surface area contributed by atoms with E-state index in [2.05, 4.69) is 6.92 Å². The summed E-state index contributed by atoms with van der Waals surface area (Å²) < 4.78 is 0. The number of ketones is 1. The number of carboxylic acids is 1. The van der Waals surface area contributed by atoms with Crippen LogP contribution >= 0.6 is 0 Å². The van der Waals surface area contributed by atoms with Gasteiger partial charge in [0.2, 0.25) is 0 Å². The van der Waals surface area contributed by atoms with E-state index in [1.807, 2.05) is 12.2 Å². The van der Waals surface area contributed by atoms with Gasteiger partial charge in [0, 0.05) is 24.7 Å². The standard InChI is InChI=1S/C20H32O5/c1-2-3-6-9-15(21)12-13-17-16(18(22)14-19(17)23)10-7-4-5-8-11-20(24)25/h4,7,12-13,15-18,21-22H,2-3,5-6,8-11,14H2,1H3,(H,24,25)/b7-4-,13-12+/t15-,16-,17-,18+/m0/s1. The van der Waals surface area contributed by atoms with Crippen LogP contribution < -0.4 is 0 Å². The number of aliphatic hydroxyl groups is 2. The third kappa shape index (κ3) is 8.45. The van der Waals surface area contributed by atoms with E-state index in [9.17, 15) is 19.8 Å². The van der Waals surface area contributed by atoms with Crippen molar-refractivity contribution in [1.82, 2.24) is 0 Å². The highest BCUT2D eigenvalue weighted by atomic mass is 16.4. The molecule has 0 aromatic rings. The zero-order chi connectivity index (χ0) is 18.7. The number of carboxylic acid groups (broad SMARTS) is 1. The van der Waals surface area contributed by atoms with Crippen LogP contribution in [0.4, 0.5) is 0 Å². The van der Waals surface area contributed by atoms with Gasteiger partial charge < -0.3 is 15.3 Å². The summed E-state index contributed by atoms with van der Waals surface area (Å²) in [5.74, 6) is -1.29. The van der Waals surface area contributed by atoms with Crippen molar-refractivity contribution in [2.24, 2.45) is 11.8 Å². The molecule has 5 heteroatoms. The first-order chi connectivity index (χ1) is 12.0. The Morgan fingerprint density at radius 3 is 2.72 bits per heavy atom. The van der Waals surface area contributed by atoms with Gasteiger partial charge in [-0.3, -0.25) is 9.59 Å². The molecule has 0 aromatic carbocycles. The number of carbonyl (C=O) groups excluding carboxylic acids is 1. The van der Waals surface area contributed by atoms with Gasteiger partial charge in [0.15, 0.2) is 0 Å². The summed E-state index contributed by atoms with van der Waals surface area (Å²) in [4.78, 5) is 22.5. The number of hydrogen-bond acceptors (Lipinski definition) is 4. The monoisotopic (exact) mass is 352 g/mol.